The second-order valence-electron chi connectivity index (χ2n) is 12.9. The molecule has 0 aliphatic heterocycles. The Labute approximate surface area is 286 Å². The highest BCUT2D eigenvalue weighted by molar-refractivity contribution is 6.23. The fourth-order valence-corrected chi connectivity index (χ4v) is 7.81. The molecule has 0 bridgehead atoms. The van der Waals surface area contributed by atoms with Crippen LogP contribution >= 0.6 is 0 Å². The van der Waals surface area contributed by atoms with Crippen molar-refractivity contribution < 1.29 is 0 Å². The Morgan fingerprint density at radius 3 is 1.60 bits per heavy atom. The molecule has 0 saturated heterocycles. The maximum absolute atomic E-state index is 5.32. The number of hydrogen-bond acceptors (Lipinski definition) is 3. The van der Waals surface area contributed by atoms with Gasteiger partial charge in [0.15, 0.2) is 11.6 Å². The van der Waals surface area contributed by atoms with Crippen LogP contribution < -0.4 is 0 Å². The van der Waals surface area contributed by atoms with Crippen molar-refractivity contribution in [3.05, 3.63) is 164 Å². The van der Waals surface area contributed by atoms with E-state index in [1.54, 1.807) is 0 Å². The van der Waals surface area contributed by atoms with Gasteiger partial charge in [0.1, 0.15) is 0 Å². The Kier molecular flexibility index (Phi) is 5.60. The van der Waals surface area contributed by atoms with Crippen LogP contribution in [0, 0.1) is 0 Å². The molecule has 0 atom stereocenters. The van der Waals surface area contributed by atoms with E-state index in [0.717, 1.165) is 49.2 Å². The van der Waals surface area contributed by atoms with Gasteiger partial charge in [0.05, 0.1) is 27.6 Å². The molecule has 3 heterocycles. The number of benzene rings is 8. The molecule has 5 nitrogen and oxygen atoms in total. The molecule has 8 aromatic carbocycles. The van der Waals surface area contributed by atoms with Crippen LogP contribution in [0.1, 0.15) is 0 Å². The van der Waals surface area contributed by atoms with Crippen molar-refractivity contribution >= 4 is 70.7 Å². The average Bonchev–Trinajstić information content (AvgIpc) is 3.45. The summed E-state index contributed by atoms with van der Waals surface area (Å²) in [6.07, 6.45) is 0. The van der Waals surface area contributed by atoms with Gasteiger partial charge in [0.25, 0.3) is 0 Å². The van der Waals surface area contributed by atoms with E-state index in [4.69, 9.17) is 15.0 Å². The van der Waals surface area contributed by atoms with Crippen LogP contribution in [-0.2, 0) is 0 Å². The summed E-state index contributed by atoms with van der Waals surface area (Å²) in [5.41, 5.74) is 7.34. The number of rotatable bonds is 3. The monoisotopic (exact) mass is 637 g/mol. The number of nitrogens with zero attached hydrogens (tertiary/aromatic N) is 5. The SMILES string of the molecule is c1ccc2cc(-c3nc(-c4ccc5ccccc5c4)nc(-n4c5cccc6ccc7c8ccccc8n(c8ccccc84)c7c65)n3)ccc2c1. The fraction of sp³-hybridized carbons (Fsp3) is 0. The molecule has 50 heavy (non-hydrogen) atoms. The molecule has 0 spiro atoms. The zero-order chi connectivity index (χ0) is 32.8. The lowest BCUT2D eigenvalue weighted by molar-refractivity contribution is 0.951. The first kappa shape index (κ1) is 27.1. The summed E-state index contributed by atoms with van der Waals surface area (Å²) in [7, 11) is 0. The Bertz CT molecular complexity index is 3050. The summed E-state index contributed by atoms with van der Waals surface area (Å²) in [5.74, 6) is 1.82. The van der Waals surface area contributed by atoms with Gasteiger partial charge >= 0.3 is 0 Å². The third kappa shape index (κ3) is 3.92. The average molecular weight is 638 g/mol. The highest BCUT2D eigenvalue weighted by Crippen LogP contribution is 2.39. The van der Waals surface area contributed by atoms with Crippen LogP contribution in [0.15, 0.2) is 164 Å². The van der Waals surface area contributed by atoms with Crippen molar-refractivity contribution in [2.75, 3.05) is 0 Å². The van der Waals surface area contributed by atoms with Gasteiger partial charge in [-0.1, -0.05) is 127 Å². The first-order valence-electron chi connectivity index (χ1n) is 16.9. The smallest absolute Gasteiger partial charge is 0.238 e. The summed E-state index contributed by atoms with van der Waals surface area (Å²) in [6, 6.07) is 58.0. The van der Waals surface area contributed by atoms with Crippen molar-refractivity contribution in [2.24, 2.45) is 0 Å². The number of fused-ring (bicyclic) bond motifs is 7. The van der Waals surface area contributed by atoms with Gasteiger partial charge in [-0.2, -0.15) is 9.97 Å². The number of hydrogen-bond donors (Lipinski definition) is 0. The molecule has 11 rings (SSSR count). The van der Waals surface area contributed by atoms with Crippen LogP contribution in [0.4, 0.5) is 0 Å². The van der Waals surface area contributed by atoms with Gasteiger partial charge in [-0.3, -0.25) is 4.57 Å². The van der Waals surface area contributed by atoms with Crippen molar-refractivity contribution in [1.82, 2.24) is 23.9 Å². The van der Waals surface area contributed by atoms with Crippen molar-refractivity contribution in [1.29, 1.82) is 0 Å². The summed E-state index contributed by atoms with van der Waals surface area (Å²) >= 11 is 0. The minimum absolute atomic E-state index is 0.568. The zero-order valence-electron chi connectivity index (χ0n) is 26.8. The lowest BCUT2D eigenvalue weighted by Crippen LogP contribution is -2.08. The molecular weight excluding hydrogens is 611 g/mol. The van der Waals surface area contributed by atoms with Crippen LogP contribution in [0.3, 0.4) is 0 Å². The predicted octanol–water partition coefficient (Wildman–Crippen LogP) is 11.2. The lowest BCUT2D eigenvalue weighted by atomic mass is 10.0. The van der Waals surface area contributed by atoms with E-state index in [2.05, 4.69) is 173 Å². The molecule has 0 radical (unpaired) electrons. The second kappa shape index (κ2) is 10.3. The van der Waals surface area contributed by atoms with Crippen molar-refractivity contribution in [3.8, 4) is 28.7 Å². The Hall–Kier alpha value is -6.85. The van der Waals surface area contributed by atoms with E-state index in [9.17, 15) is 0 Å². The zero-order valence-corrected chi connectivity index (χ0v) is 26.8. The summed E-state index contributed by atoms with van der Waals surface area (Å²) < 4.78 is 4.65. The summed E-state index contributed by atoms with van der Waals surface area (Å²) in [4.78, 5) is 15.8. The maximum Gasteiger partial charge on any atom is 0.238 e. The molecular formula is C45H27N5. The van der Waals surface area contributed by atoms with Gasteiger partial charge in [-0.15, -0.1) is 0 Å². The standard InChI is InChI=1S/C45H27N5/c1-3-12-31-26-33(22-20-28(31)10-1)43-46-44(34-23-21-29-11-2-4-13-32(29)27-34)48-45(47-43)50-39-18-8-7-17-38(39)49-37-16-6-5-15-35(37)36-25-24-30-14-9-19-40(50)41(30)42(36)49/h1-27H. The molecule has 11 aromatic rings. The molecule has 0 N–H and O–H groups in total. The van der Waals surface area contributed by atoms with Gasteiger partial charge < -0.3 is 4.40 Å². The molecule has 0 aliphatic rings. The van der Waals surface area contributed by atoms with E-state index in [0.29, 0.717) is 17.6 Å². The van der Waals surface area contributed by atoms with Crippen LogP contribution in [0.2, 0.25) is 0 Å². The van der Waals surface area contributed by atoms with E-state index in [1.807, 2.05) is 0 Å². The Morgan fingerprint density at radius 2 is 0.900 bits per heavy atom. The molecule has 0 amide bonds. The number of aromatic nitrogens is 5. The predicted molar refractivity (Wildman–Crippen MR) is 206 cm³/mol. The lowest BCUT2D eigenvalue weighted by Gasteiger charge is -2.14. The van der Waals surface area contributed by atoms with E-state index in [-0.39, 0.29) is 0 Å². The van der Waals surface area contributed by atoms with Crippen LogP contribution in [0.5, 0.6) is 0 Å². The molecule has 0 unspecified atom stereocenters. The topological polar surface area (TPSA) is 48.0 Å². The molecule has 0 saturated carbocycles. The van der Waals surface area contributed by atoms with Crippen molar-refractivity contribution in [3.63, 3.8) is 0 Å². The fourth-order valence-electron chi connectivity index (χ4n) is 7.81. The van der Waals surface area contributed by atoms with Crippen LogP contribution in [-0.4, -0.2) is 23.9 Å². The first-order chi connectivity index (χ1) is 24.8. The van der Waals surface area contributed by atoms with E-state index < -0.39 is 0 Å². The maximum atomic E-state index is 5.32. The highest BCUT2D eigenvalue weighted by atomic mass is 15.2. The Balaban J connectivity index is 1.30. The Morgan fingerprint density at radius 1 is 0.360 bits per heavy atom. The molecule has 3 aromatic heterocycles. The van der Waals surface area contributed by atoms with E-state index in [1.165, 1.54) is 32.6 Å². The third-order valence-corrected chi connectivity index (χ3v) is 10.1. The normalized spacial score (nSPS) is 12.0. The molecule has 232 valence electrons. The minimum Gasteiger partial charge on any atom is -0.306 e. The third-order valence-electron chi connectivity index (χ3n) is 10.1. The van der Waals surface area contributed by atoms with Crippen LogP contribution in [0.25, 0.3) is 99.4 Å². The van der Waals surface area contributed by atoms with Crippen molar-refractivity contribution in [2.45, 2.75) is 0 Å². The minimum atomic E-state index is 0.568. The summed E-state index contributed by atoms with van der Waals surface area (Å²) in [5, 5.41) is 9.42. The quantitative estimate of drug-likeness (QED) is 0.194. The number of para-hydroxylation sites is 3. The first-order valence-corrected chi connectivity index (χ1v) is 16.9. The molecule has 5 heteroatoms. The van der Waals surface area contributed by atoms with Gasteiger partial charge in [-0.05, 0) is 63.3 Å². The molecule has 0 aliphatic carbocycles. The van der Waals surface area contributed by atoms with E-state index >= 15 is 0 Å². The largest absolute Gasteiger partial charge is 0.306 e. The second-order valence-corrected chi connectivity index (χ2v) is 12.9. The highest BCUT2D eigenvalue weighted by Gasteiger charge is 2.21. The van der Waals surface area contributed by atoms with Gasteiger partial charge in [0, 0.05) is 27.3 Å². The molecule has 0 fully saturated rings. The van der Waals surface area contributed by atoms with Gasteiger partial charge in [0.2, 0.25) is 5.95 Å². The van der Waals surface area contributed by atoms with Gasteiger partial charge in [-0.25, -0.2) is 4.98 Å². The summed E-state index contributed by atoms with van der Waals surface area (Å²) in [6.45, 7) is 0.